The Morgan fingerprint density at radius 1 is 1.44 bits per heavy atom. The van der Waals surface area contributed by atoms with Crippen LogP contribution in [0.2, 0.25) is 0 Å². The van der Waals surface area contributed by atoms with Gasteiger partial charge in [-0.25, -0.2) is 0 Å². The first kappa shape index (κ1) is 14.2. The molecular formula is C9H5ClF3NO4. The molecule has 0 bridgehead atoms. The Bertz CT molecular complexity index is 489. The number of carbonyl (C=O) groups is 1. The van der Waals surface area contributed by atoms with Gasteiger partial charge in [0.05, 0.1) is 10.8 Å². The molecule has 0 spiro atoms. The minimum atomic E-state index is -5.05. The van der Waals surface area contributed by atoms with Gasteiger partial charge in [-0.05, 0) is 12.1 Å². The molecule has 1 aromatic carbocycles. The Labute approximate surface area is 103 Å². The maximum absolute atomic E-state index is 12.0. The van der Waals surface area contributed by atoms with Gasteiger partial charge in [-0.2, -0.15) is 0 Å². The van der Waals surface area contributed by atoms with E-state index >= 15 is 0 Å². The largest absolute Gasteiger partial charge is 0.573 e. The second-order valence-corrected chi connectivity index (χ2v) is 3.31. The molecule has 18 heavy (non-hydrogen) atoms. The third-order valence-electron chi connectivity index (χ3n) is 1.82. The number of ether oxygens (including phenoxy) is 1. The third kappa shape index (κ3) is 3.59. The van der Waals surface area contributed by atoms with Crippen LogP contribution in [0.3, 0.4) is 0 Å². The van der Waals surface area contributed by atoms with Crippen molar-refractivity contribution in [3.63, 3.8) is 0 Å². The Morgan fingerprint density at radius 3 is 2.50 bits per heavy atom. The van der Waals surface area contributed by atoms with E-state index in [4.69, 9.17) is 11.6 Å². The van der Waals surface area contributed by atoms with E-state index in [1.54, 1.807) is 0 Å². The molecule has 0 aliphatic carbocycles. The van der Waals surface area contributed by atoms with E-state index in [1.165, 1.54) is 0 Å². The number of hydrogen-bond acceptors (Lipinski definition) is 4. The minimum Gasteiger partial charge on any atom is -0.398 e. The lowest BCUT2D eigenvalue weighted by Crippen LogP contribution is -2.18. The van der Waals surface area contributed by atoms with E-state index in [2.05, 4.69) is 4.74 Å². The zero-order valence-corrected chi connectivity index (χ0v) is 9.29. The molecular weight excluding hydrogens is 279 g/mol. The molecule has 0 atom stereocenters. The fraction of sp³-hybridized carbons (Fsp3) is 0.222. The average molecular weight is 284 g/mol. The van der Waals surface area contributed by atoms with Crippen LogP contribution < -0.4 is 4.74 Å². The predicted octanol–water partition coefficient (Wildman–Crippen LogP) is 2.91. The Kier molecular flexibility index (Phi) is 4.12. The standard InChI is InChI=1S/C9H5ClF3NO4/c10-4-7(15)5-1-2-8(18-9(11,12)13)6(3-5)14(16)17/h1-3H,4H2. The van der Waals surface area contributed by atoms with Gasteiger partial charge in [0, 0.05) is 11.6 Å². The van der Waals surface area contributed by atoms with Crippen LogP contribution in [0.15, 0.2) is 18.2 Å². The molecule has 0 saturated heterocycles. The van der Waals surface area contributed by atoms with E-state index in [0.717, 1.165) is 6.07 Å². The van der Waals surface area contributed by atoms with Crippen LogP contribution in [0.4, 0.5) is 18.9 Å². The smallest absolute Gasteiger partial charge is 0.398 e. The van der Waals surface area contributed by atoms with Gasteiger partial charge in [0.2, 0.25) is 5.75 Å². The highest BCUT2D eigenvalue weighted by Crippen LogP contribution is 2.32. The molecule has 0 aliphatic rings. The fourth-order valence-corrected chi connectivity index (χ4v) is 1.28. The lowest BCUT2D eigenvalue weighted by molar-refractivity contribution is -0.388. The van der Waals surface area contributed by atoms with Crippen molar-refractivity contribution in [3.8, 4) is 5.75 Å². The normalized spacial score (nSPS) is 11.1. The molecule has 9 heteroatoms. The fourth-order valence-electron chi connectivity index (χ4n) is 1.12. The number of nitro benzene ring substituents is 1. The molecule has 0 saturated carbocycles. The van der Waals surface area contributed by atoms with Gasteiger partial charge in [0.1, 0.15) is 0 Å². The number of alkyl halides is 4. The highest BCUT2D eigenvalue weighted by Gasteiger charge is 2.34. The molecule has 1 rings (SSSR count). The zero-order valence-electron chi connectivity index (χ0n) is 8.53. The first-order chi connectivity index (χ1) is 8.24. The minimum absolute atomic E-state index is 0.161. The summed E-state index contributed by atoms with van der Waals surface area (Å²) in [7, 11) is 0. The van der Waals surface area contributed by atoms with Crippen molar-refractivity contribution < 1.29 is 27.6 Å². The van der Waals surface area contributed by atoms with Gasteiger partial charge < -0.3 is 4.74 Å². The van der Waals surface area contributed by atoms with Crippen molar-refractivity contribution in [3.05, 3.63) is 33.9 Å². The first-order valence-corrected chi connectivity index (χ1v) is 4.91. The summed E-state index contributed by atoms with van der Waals surface area (Å²) >= 11 is 5.23. The number of Topliss-reactive ketones (excluding diaryl/α,β-unsaturated/α-hetero) is 1. The molecule has 0 unspecified atom stereocenters. The third-order valence-corrected chi connectivity index (χ3v) is 2.07. The second-order valence-electron chi connectivity index (χ2n) is 3.04. The highest BCUT2D eigenvalue weighted by molar-refractivity contribution is 6.30. The van der Waals surface area contributed by atoms with Crippen molar-refractivity contribution in [2.24, 2.45) is 0 Å². The molecule has 0 amide bonds. The van der Waals surface area contributed by atoms with E-state index < -0.39 is 34.4 Å². The summed E-state index contributed by atoms with van der Waals surface area (Å²) in [6, 6.07) is 2.36. The molecule has 98 valence electrons. The Hall–Kier alpha value is -1.83. The second kappa shape index (κ2) is 5.21. The SMILES string of the molecule is O=C(CCl)c1ccc(OC(F)(F)F)c([N+](=O)[O-])c1. The molecule has 1 aromatic rings. The quantitative estimate of drug-likeness (QED) is 0.369. The number of carbonyl (C=O) groups excluding carboxylic acids is 1. The van der Waals surface area contributed by atoms with Crippen LogP contribution >= 0.6 is 11.6 Å². The van der Waals surface area contributed by atoms with Gasteiger partial charge >= 0.3 is 12.0 Å². The van der Waals surface area contributed by atoms with Crippen LogP contribution in [0.5, 0.6) is 5.75 Å². The Morgan fingerprint density at radius 2 is 2.06 bits per heavy atom. The molecule has 5 nitrogen and oxygen atoms in total. The number of rotatable bonds is 4. The van der Waals surface area contributed by atoms with Crippen LogP contribution in [-0.4, -0.2) is 22.9 Å². The number of ketones is 1. The molecule has 0 N–H and O–H groups in total. The average Bonchev–Trinajstić information content (AvgIpc) is 2.26. The monoisotopic (exact) mass is 283 g/mol. The number of nitrogens with zero attached hydrogens (tertiary/aromatic N) is 1. The molecule has 0 aromatic heterocycles. The Balaban J connectivity index is 3.21. The summed E-state index contributed by atoms with van der Waals surface area (Å²) in [5.41, 5.74) is -1.12. The first-order valence-electron chi connectivity index (χ1n) is 4.38. The molecule has 0 heterocycles. The maximum Gasteiger partial charge on any atom is 0.573 e. The van der Waals surface area contributed by atoms with Gasteiger partial charge in [-0.1, -0.05) is 0 Å². The van der Waals surface area contributed by atoms with Crippen molar-refractivity contribution in [1.29, 1.82) is 0 Å². The van der Waals surface area contributed by atoms with Crippen LogP contribution in [-0.2, 0) is 0 Å². The lowest BCUT2D eigenvalue weighted by Gasteiger charge is -2.09. The summed E-state index contributed by atoms with van der Waals surface area (Å²) in [6.45, 7) is 0. The van der Waals surface area contributed by atoms with E-state index in [-0.39, 0.29) is 5.56 Å². The van der Waals surface area contributed by atoms with Crippen molar-refractivity contribution in [2.45, 2.75) is 6.36 Å². The van der Waals surface area contributed by atoms with E-state index in [0.29, 0.717) is 12.1 Å². The van der Waals surface area contributed by atoms with Crippen LogP contribution in [0, 0.1) is 10.1 Å². The molecule has 0 radical (unpaired) electrons. The van der Waals surface area contributed by atoms with Gasteiger partial charge in [-0.3, -0.25) is 14.9 Å². The van der Waals surface area contributed by atoms with Crippen LogP contribution in [0.25, 0.3) is 0 Å². The number of hydrogen-bond donors (Lipinski definition) is 0. The lowest BCUT2D eigenvalue weighted by atomic mass is 10.1. The predicted molar refractivity (Wildman–Crippen MR) is 54.8 cm³/mol. The number of halogens is 4. The summed E-state index contributed by atoms with van der Waals surface area (Å²) < 4.78 is 39.4. The summed E-state index contributed by atoms with van der Waals surface area (Å²) in [6.07, 6.45) is -5.05. The number of benzene rings is 1. The maximum atomic E-state index is 12.0. The van der Waals surface area contributed by atoms with Gasteiger partial charge in [-0.15, -0.1) is 24.8 Å². The van der Waals surface area contributed by atoms with Crippen molar-refractivity contribution >= 4 is 23.1 Å². The van der Waals surface area contributed by atoms with Crippen molar-refractivity contribution in [2.75, 3.05) is 5.88 Å². The summed E-state index contributed by atoms with van der Waals surface area (Å²) in [5.74, 6) is -2.06. The molecule has 0 aliphatic heterocycles. The van der Waals surface area contributed by atoms with Gasteiger partial charge in [0.25, 0.3) is 0 Å². The molecule has 0 fully saturated rings. The zero-order chi connectivity index (χ0) is 13.9. The number of nitro groups is 1. The summed E-state index contributed by atoms with van der Waals surface area (Å²) in [5, 5.41) is 10.6. The topological polar surface area (TPSA) is 69.4 Å². The van der Waals surface area contributed by atoms with Crippen LogP contribution in [0.1, 0.15) is 10.4 Å². The van der Waals surface area contributed by atoms with Crippen molar-refractivity contribution in [1.82, 2.24) is 0 Å². The van der Waals surface area contributed by atoms with Gasteiger partial charge in [0.15, 0.2) is 5.78 Å². The highest BCUT2D eigenvalue weighted by atomic mass is 35.5. The van der Waals surface area contributed by atoms with E-state index in [1.807, 2.05) is 0 Å². The summed E-state index contributed by atoms with van der Waals surface area (Å²) in [4.78, 5) is 20.7. The van der Waals surface area contributed by atoms with E-state index in [9.17, 15) is 28.1 Å².